The first-order chi connectivity index (χ1) is 10.2. The van der Waals surface area contributed by atoms with E-state index in [2.05, 4.69) is 15.2 Å². The highest BCUT2D eigenvalue weighted by atomic mass is 16.4. The Hall–Kier alpha value is -2.83. The molecule has 0 atom stereocenters. The van der Waals surface area contributed by atoms with Gasteiger partial charge in [-0.3, -0.25) is 14.9 Å². The summed E-state index contributed by atoms with van der Waals surface area (Å²) in [7, 11) is 0. The lowest BCUT2D eigenvalue weighted by Gasteiger charge is -2.26. The Balaban J connectivity index is 1.65. The van der Waals surface area contributed by atoms with Gasteiger partial charge in [0.15, 0.2) is 5.58 Å². The van der Waals surface area contributed by atoms with Gasteiger partial charge in [-0.1, -0.05) is 0 Å². The smallest absolute Gasteiger partial charge is 0.408 e. The number of hydrogen-bond donors (Lipinski definition) is 2. The highest BCUT2D eigenvalue weighted by molar-refractivity contribution is 5.97. The van der Waals surface area contributed by atoms with Gasteiger partial charge in [0.1, 0.15) is 0 Å². The van der Waals surface area contributed by atoms with E-state index in [-0.39, 0.29) is 5.91 Å². The molecule has 0 aliphatic carbocycles. The Bertz CT molecular complexity index is 889. The van der Waals surface area contributed by atoms with E-state index in [1.807, 2.05) is 0 Å². The van der Waals surface area contributed by atoms with E-state index in [1.54, 1.807) is 29.3 Å². The molecule has 2 N–H and O–H groups in total. The number of aromatic nitrogens is 3. The van der Waals surface area contributed by atoms with Crippen molar-refractivity contribution in [1.29, 1.82) is 0 Å². The van der Waals surface area contributed by atoms with Crippen LogP contribution in [-0.2, 0) is 13.0 Å². The van der Waals surface area contributed by atoms with Crippen molar-refractivity contribution >= 4 is 17.0 Å². The maximum atomic E-state index is 12.6. The number of aromatic amines is 2. The Kier molecular flexibility index (Phi) is 2.47. The summed E-state index contributed by atoms with van der Waals surface area (Å²) in [4.78, 5) is 28.0. The fourth-order valence-corrected chi connectivity index (χ4v) is 2.66. The molecule has 0 bridgehead atoms. The van der Waals surface area contributed by atoms with E-state index >= 15 is 0 Å². The second kappa shape index (κ2) is 4.34. The van der Waals surface area contributed by atoms with Crippen LogP contribution in [0.25, 0.3) is 11.1 Å². The molecule has 0 unspecified atom stereocenters. The molecule has 7 heteroatoms. The number of nitrogens with one attached hydrogen (secondary N) is 2. The first-order valence-electron chi connectivity index (χ1n) is 6.64. The monoisotopic (exact) mass is 284 g/mol. The highest BCUT2D eigenvalue weighted by Gasteiger charge is 2.23. The fraction of sp³-hybridized carbons (Fsp3) is 0.214. The van der Waals surface area contributed by atoms with Crippen molar-refractivity contribution < 1.29 is 9.21 Å². The van der Waals surface area contributed by atoms with E-state index in [0.717, 1.165) is 17.7 Å². The van der Waals surface area contributed by atoms with Gasteiger partial charge < -0.3 is 9.32 Å². The average Bonchev–Trinajstić information content (AvgIpc) is 3.09. The van der Waals surface area contributed by atoms with Crippen molar-refractivity contribution in [3.8, 4) is 0 Å². The zero-order valence-electron chi connectivity index (χ0n) is 11.0. The third kappa shape index (κ3) is 1.94. The molecule has 2 aromatic heterocycles. The van der Waals surface area contributed by atoms with Crippen LogP contribution in [0.15, 0.2) is 33.6 Å². The van der Waals surface area contributed by atoms with Crippen LogP contribution >= 0.6 is 0 Å². The summed E-state index contributed by atoms with van der Waals surface area (Å²) in [6, 6.07) is 4.95. The number of benzene rings is 1. The second-order valence-corrected chi connectivity index (χ2v) is 5.08. The minimum Gasteiger partial charge on any atom is -0.408 e. The summed E-state index contributed by atoms with van der Waals surface area (Å²) in [6.45, 7) is 1.19. The van der Waals surface area contributed by atoms with Crippen molar-refractivity contribution in [2.45, 2.75) is 13.0 Å². The van der Waals surface area contributed by atoms with Crippen molar-refractivity contribution in [3.63, 3.8) is 0 Å². The summed E-state index contributed by atoms with van der Waals surface area (Å²) in [5, 5.41) is 6.94. The lowest BCUT2D eigenvalue weighted by atomic mass is 10.1. The Morgan fingerprint density at radius 1 is 1.38 bits per heavy atom. The van der Waals surface area contributed by atoms with E-state index in [1.165, 1.54) is 0 Å². The quantitative estimate of drug-likeness (QED) is 0.698. The number of carbonyl (C=O) groups excluding carboxylic acids is 1. The summed E-state index contributed by atoms with van der Waals surface area (Å²) in [6.07, 6.45) is 2.53. The third-order valence-corrected chi connectivity index (χ3v) is 3.75. The van der Waals surface area contributed by atoms with Crippen LogP contribution < -0.4 is 5.76 Å². The van der Waals surface area contributed by atoms with Gasteiger partial charge in [-0.15, -0.1) is 0 Å². The molecule has 1 aliphatic rings. The molecule has 0 saturated heterocycles. The van der Waals surface area contributed by atoms with Crippen LogP contribution in [0.3, 0.4) is 0 Å². The average molecular weight is 284 g/mol. The molecule has 1 aliphatic heterocycles. The van der Waals surface area contributed by atoms with Crippen LogP contribution in [0.4, 0.5) is 0 Å². The Morgan fingerprint density at radius 2 is 2.29 bits per heavy atom. The standard InChI is InChI=1S/C14H12N4O3/c19-13(18-4-3-10-9(7-18)6-15-17-10)8-1-2-12-11(5-8)16-14(20)21-12/h1-2,5-6H,3-4,7H2,(H,15,17)(H,16,20). The van der Waals surface area contributed by atoms with Crippen molar-refractivity contribution in [2.24, 2.45) is 0 Å². The van der Waals surface area contributed by atoms with Gasteiger partial charge in [-0.2, -0.15) is 5.10 Å². The molecular formula is C14H12N4O3. The van der Waals surface area contributed by atoms with Gasteiger partial charge in [-0.25, -0.2) is 4.79 Å². The van der Waals surface area contributed by atoms with Gasteiger partial charge >= 0.3 is 5.76 Å². The number of amides is 1. The maximum Gasteiger partial charge on any atom is 0.417 e. The molecule has 0 fully saturated rings. The summed E-state index contributed by atoms with van der Waals surface area (Å²) in [5.74, 6) is -0.582. The lowest BCUT2D eigenvalue weighted by Crippen LogP contribution is -2.35. The fourth-order valence-electron chi connectivity index (χ4n) is 2.66. The number of oxazole rings is 1. The molecule has 0 saturated carbocycles. The first-order valence-corrected chi connectivity index (χ1v) is 6.64. The van der Waals surface area contributed by atoms with Crippen LogP contribution in [0.2, 0.25) is 0 Å². The maximum absolute atomic E-state index is 12.6. The molecule has 106 valence electrons. The number of nitrogens with zero attached hydrogens (tertiary/aromatic N) is 2. The molecule has 21 heavy (non-hydrogen) atoms. The number of fused-ring (bicyclic) bond motifs is 2. The molecule has 3 heterocycles. The Morgan fingerprint density at radius 3 is 3.19 bits per heavy atom. The molecule has 3 aromatic rings. The van der Waals surface area contributed by atoms with Gasteiger partial charge in [0, 0.05) is 36.3 Å². The minimum absolute atomic E-state index is 0.0641. The van der Waals surface area contributed by atoms with Crippen LogP contribution in [0.5, 0.6) is 0 Å². The topological polar surface area (TPSA) is 95.0 Å². The summed E-state index contributed by atoms with van der Waals surface area (Å²) in [5.41, 5.74) is 3.66. The van der Waals surface area contributed by atoms with Gasteiger partial charge in [0.05, 0.1) is 11.7 Å². The van der Waals surface area contributed by atoms with Gasteiger partial charge in [-0.05, 0) is 18.2 Å². The summed E-state index contributed by atoms with van der Waals surface area (Å²) < 4.78 is 4.94. The molecular weight excluding hydrogens is 272 g/mol. The number of H-pyrrole nitrogens is 2. The molecule has 4 rings (SSSR count). The van der Waals surface area contributed by atoms with Crippen LogP contribution in [0.1, 0.15) is 21.6 Å². The first kappa shape index (κ1) is 12.0. The van der Waals surface area contributed by atoms with E-state index in [9.17, 15) is 9.59 Å². The van der Waals surface area contributed by atoms with E-state index in [0.29, 0.717) is 29.8 Å². The molecule has 0 radical (unpaired) electrons. The zero-order valence-corrected chi connectivity index (χ0v) is 11.0. The predicted octanol–water partition coefficient (Wildman–Crippen LogP) is 1.04. The second-order valence-electron chi connectivity index (χ2n) is 5.08. The molecule has 1 aromatic carbocycles. The SMILES string of the molecule is O=C(c1ccc2oc(=O)[nH]c2c1)N1CCc2[nH]ncc2C1. The minimum atomic E-state index is -0.518. The van der Waals surface area contributed by atoms with Crippen LogP contribution in [-0.4, -0.2) is 32.5 Å². The normalized spacial score (nSPS) is 14.4. The van der Waals surface area contributed by atoms with Crippen molar-refractivity contribution in [3.05, 3.63) is 51.8 Å². The van der Waals surface area contributed by atoms with Crippen molar-refractivity contribution in [2.75, 3.05) is 6.54 Å². The number of carbonyl (C=O) groups is 1. The number of hydrogen-bond acceptors (Lipinski definition) is 4. The molecule has 1 amide bonds. The number of rotatable bonds is 1. The molecule has 0 spiro atoms. The third-order valence-electron chi connectivity index (χ3n) is 3.75. The van der Waals surface area contributed by atoms with Gasteiger partial charge in [0.2, 0.25) is 0 Å². The van der Waals surface area contributed by atoms with Gasteiger partial charge in [0.25, 0.3) is 5.91 Å². The lowest BCUT2D eigenvalue weighted by molar-refractivity contribution is 0.0734. The van der Waals surface area contributed by atoms with E-state index in [4.69, 9.17) is 4.42 Å². The molecule has 7 nitrogen and oxygen atoms in total. The van der Waals surface area contributed by atoms with Crippen molar-refractivity contribution in [1.82, 2.24) is 20.1 Å². The van der Waals surface area contributed by atoms with E-state index < -0.39 is 5.76 Å². The summed E-state index contributed by atoms with van der Waals surface area (Å²) >= 11 is 0. The highest BCUT2D eigenvalue weighted by Crippen LogP contribution is 2.20. The Labute approximate surface area is 118 Å². The predicted molar refractivity (Wildman–Crippen MR) is 73.9 cm³/mol. The zero-order chi connectivity index (χ0) is 14.4. The van der Waals surface area contributed by atoms with Crippen LogP contribution in [0, 0.1) is 0 Å². The largest absolute Gasteiger partial charge is 0.417 e.